The van der Waals surface area contributed by atoms with Crippen LogP contribution in [0.2, 0.25) is 0 Å². The Hall–Kier alpha value is -4.38. The number of Topliss-reactive ketones (excluding diaryl/α,β-unsaturated/α-hetero) is 2. The molecule has 0 fully saturated rings. The van der Waals surface area contributed by atoms with Crippen molar-refractivity contribution in [1.82, 2.24) is 10.2 Å². The van der Waals surface area contributed by atoms with Crippen LogP contribution >= 0.6 is 0 Å². The molecule has 5 heteroatoms. The average molecular weight is 475 g/mol. The van der Waals surface area contributed by atoms with Gasteiger partial charge < -0.3 is 4.42 Å². The Labute approximate surface area is 209 Å². The Bertz CT molecular complexity index is 1560. The smallest absolute Gasteiger partial charge is 0.248 e. The largest absolute Gasteiger partial charge is 0.416 e. The number of fused-ring (bicyclic) bond motifs is 1. The third-order valence-electron chi connectivity index (χ3n) is 6.27. The molecule has 0 aliphatic rings. The Balaban J connectivity index is 1.27. The Morgan fingerprint density at radius 1 is 0.667 bits per heavy atom. The van der Waals surface area contributed by atoms with Crippen LogP contribution in [0.5, 0.6) is 0 Å². The van der Waals surface area contributed by atoms with E-state index in [0.29, 0.717) is 28.5 Å². The van der Waals surface area contributed by atoms with Crippen molar-refractivity contribution >= 4 is 22.3 Å². The fraction of sp³-hybridized carbons (Fsp3) is 0.161. The van der Waals surface area contributed by atoms with E-state index in [1.807, 2.05) is 48.5 Å². The van der Waals surface area contributed by atoms with E-state index in [2.05, 4.69) is 43.1 Å². The van der Waals surface area contributed by atoms with Crippen molar-refractivity contribution in [3.63, 3.8) is 0 Å². The highest BCUT2D eigenvalue weighted by molar-refractivity contribution is 6.14. The maximum atomic E-state index is 12.8. The first-order valence-corrected chi connectivity index (χ1v) is 11.9. The first-order chi connectivity index (χ1) is 17.3. The van der Waals surface area contributed by atoms with E-state index < -0.39 is 0 Å². The maximum Gasteiger partial charge on any atom is 0.248 e. The summed E-state index contributed by atoms with van der Waals surface area (Å²) in [6.07, 6.45) is -0.188. The zero-order chi connectivity index (χ0) is 25.3. The van der Waals surface area contributed by atoms with Crippen LogP contribution in [-0.2, 0) is 5.41 Å². The molecule has 0 saturated carbocycles. The number of carbonyl (C=O) groups excluding carboxylic acids is 2. The first-order valence-electron chi connectivity index (χ1n) is 11.9. The Morgan fingerprint density at radius 3 is 1.81 bits per heavy atom. The predicted octanol–water partition coefficient (Wildman–Crippen LogP) is 7.31. The van der Waals surface area contributed by atoms with Gasteiger partial charge in [0.15, 0.2) is 11.6 Å². The monoisotopic (exact) mass is 474 g/mol. The molecule has 5 nitrogen and oxygen atoms in total. The molecule has 0 amide bonds. The van der Waals surface area contributed by atoms with Crippen LogP contribution < -0.4 is 0 Å². The maximum absolute atomic E-state index is 12.8. The highest BCUT2D eigenvalue weighted by Gasteiger charge is 2.17. The number of aromatic nitrogens is 2. The summed E-state index contributed by atoms with van der Waals surface area (Å²) in [4.78, 5) is 25.5. The quantitative estimate of drug-likeness (QED) is 0.191. The first kappa shape index (κ1) is 23.4. The van der Waals surface area contributed by atoms with E-state index in [4.69, 9.17) is 4.42 Å². The number of ketones is 2. The van der Waals surface area contributed by atoms with E-state index in [9.17, 15) is 9.59 Å². The van der Waals surface area contributed by atoms with Crippen LogP contribution in [0.1, 0.15) is 53.5 Å². The van der Waals surface area contributed by atoms with Crippen LogP contribution in [0.15, 0.2) is 95.4 Å². The molecule has 178 valence electrons. The minimum Gasteiger partial charge on any atom is -0.416 e. The summed E-state index contributed by atoms with van der Waals surface area (Å²) >= 11 is 0. The summed E-state index contributed by atoms with van der Waals surface area (Å²) in [5, 5.41) is 10.4. The van der Waals surface area contributed by atoms with Crippen molar-refractivity contribution in [2.24, 2.45) is 0 Å². The summed E-state index contributed by atoms with van der Waals surface area (Å²) in [7, 11) is 0. The molecule has 0 aliphatic heterocycles. The minimum atomic E-state index is -0.232. The van der Waals surface area contributed by atoms with E-state index in [0.717, 1.165) is 16.3 Å². The van der Waals surface area contributed by atoms with Crippen molar-refractivity contribution < 1.29 is 14.0 Å². The molecule has 5 aromatic rings. The van der Waals surface area contributed by atoms with Gasteiger partial charge in [0, 0.05) is 22.3 Å². The van der Waals surface area contributed by atoms with Crippen LogP contribution in [0, 0.1) is 0 Å². The molecule has 5 rings (SSSR count). The summed E-state index contributed by atoms with van der Waals surface area (Å²) in [6, 6.07) is 28.3. The molecule has 0 atom stereocenters. The third kappa shape index (κ3) is 4.86. The van der Waals surface area contributed by atoms with Gasteiger partial charge in [-0.25, -0.2) is 0 Å². The Kier molecular flexibility index (Phi) is 6.06. The van der Waals surface area contributed by atoms with Crippen molar-refractivity contribution in [2.75, 3.05) is 0 Å². The van der Waals surface area contributed by atoms with Gasteiger partial charge >= 0.3 is 0 Å². The molecule has 1 aromatic heterocycles. The number of benzene rings is 4. The van der Waals surface area contributed by atoms with Gasteiger partial charge in [0.05, 0.1) is 6.42 Å². The van der Waals surface area contributed by atoms with Gasteiger partial charge in [-0.3, -0.25) is 9.59 Å². The minimum absolute atomic E-state index is 0.0673. The van der Waals surface area contributed by atoms with Crippen LogP contribution in [-0.4, -0.2) is 21.8 Å². The lowest BCUT2D eigenvalue weighted by atomic mass is 9.87. The van der Waals surface area contributed by atoms with E-state index in [1.165, 1.54) is 5.56 Å². The number of hydrogen-bond acceptors (Lipinski definition) is 5. The fourth-order valence-corrected chi connectivity index (χ4v) is 4.08. The highest BCUT2D eigenvalue weighted by Crippen LogP contribution is 2.28. The standard InChI is InChI=1S/C31H26N2O3/c1-31(2,3)26-16-14-23(15-17-26)30-33-32-29(36-30)22-11-9-21(10-12-22)27(34)19-28(35)25-13-8-20-6-4-5-7-24(20)18-25/h4-18H,19H2,1-3H3. The third-order valence-corrected chi connectivity index (χ3v) is 6.27. The molecule has 36 heavy (non-hydrogen) atoms. The topological polar surface area (TPSA) is 73.1 Å². The SMILES string of the molecule is CC(C)(C)c1ccc(-c2nnc(-c3ccc(C(=O)CC(=O)c4ccc5ccccc5c4)cc3)o2)cc1. The lowest BCUT2D eigenvalue weighted by Gasteiger charge is -2.18. The van der Waals surface area contributed by atoms with Gasteiger partial charge in [-0.1, -0.05) is 81.4 Å². The van der Waals surface area contributed by atoms with Crippen molar-refractivity contribution in [3.8, 4) is 22.9 Å². The van der Waals surface area contributed by atoms with Gasteiger partial charge in [-0.2, -0.15) is 0 Å². The van der Waals surface area contributed by atoms with Gasteiger partial charge in [0.25, 0.3) is 0 Å². The van der Waals surface area contributed by atoms with E-state index in [1.54, 1.807) is 30.3 Å². The second kappa shape index (κ2) is 9.34. The average Bonchev–Trinajstić information content (AvgIpc) is 3.38. The summed E-state index contributed by atoms with van der Waals surface area (Å²) in [5.41, 5.74) is 3.85. The molecule has 0 saturated heterocycles. The summed E-state index contributed by atoms with van der Waals surface area (Å²) in [5.74, 6) is 0.376. The molecule has 0 spiro atoms. The molecule has 0 N–H and O–H groups in total. The van der Waals surface area contributed by atoms with Gasteiger partial charge in [-0.05, 0) is 52.1 Å². The molecular weight excluding hydrogens is 448 g/mol. The number of rotatable bonds is 6. The van der Waals surface area contributed by atoms with Crippen LogP contribution in [0.4, 0.5) is 0 Å². The number of carbonyl (C=O) groups is 2. The second-order valence-electron chi connectivity index (χ2n) is 9.90. The molecule has 0 aliphatic carbocycles. The Morgan fingerprint density at radius 2 is 1.19 bits per heavy atom. The second-order valence-corrected chi connectivity index (χ2v) is 9.90. The lowest BCUT2D eigenvalue weighted by Crippen LogP contribution is -2.10. The molecular formula is C31H26N2O3. The number of hydrogen-bond donors (Lipinski definition) is 0. The van der Waals surface area contributed by atoms with Crippen LogP contribution in [0.3, 0.4) is 0 Å². The highest BCUT2D eigenvalue weighted by atomic mass is 16.4. The van der Waals surface area contributed by atoms with Crippen LogP contribution in [0.25, 0.3) is 33.7 Å². The van der Waals surface area contributed by atoms with Crippen molar-refractivity contribution in [2.45, 2.75) is 32.6 Å². The molecule has 4 aromatic carbocycles. The van der Waals surface area contributed by atoms with Gasteiger partial charge in [0.2, 0.25) is 11.8 Å². The molecule has 1 heterocycles. The fourth-order valence-electron chi connectivity index (χ4n) is 4.08. The predicted molar refractivity (Wildman–Crippen MR) is 141 cm³/mol. The van der Waals surface area contributed by atoms with Gasteiger partial charge in [0.1, 0.15) is 0 Å². The van der Waals surface area contributed by atoms with Gasteiger partial charge in [-0.15, -0.1) is 10.2 Å². The zero-order valence-electron chi connectivity index (χ0n) is 20.5. The molecule has 0 unspecified atom stereocenters. The molecule has 0 bridgehead atoms. The summed E-state index contributed by atoms with van der Waals surface area (Å²) in [6.45, 7) is 6.50. The van der Waals surface area contributed by atoms with E-state index in [-0.39, 0.29) is 23.4 Å². The van der Waals surface area contributed by atoms with Crippen molar-refractivity contribution in [3.05, 3.63) is 108 Å². The molecule has 0 radical (unpaired) electrons. The van der Waals surface area contributed by atoms with Crippen molar-refractivity contribution in [1.29, 1.82) is 0 Å². The summed E-state index contributed by atoms with van der Waals surface area (Å²) < 4.78 is 5.88. The normalized spacial score (nSPS) is 11.5. The lowest BCUT2D eigenvalue weighted by molar-refractivity contribution is 0.0894. The zero-order valence-corrected chi connectivity index (χ0v) is 20.5. The van der Waals surface area contributed by atoms with E-state index >= 15 is 0 Å². The number of nitrogens with zero attached hydrogens (tertiary/aromatic N) is 2.